The summed E-state index contributed by atoms with van der Waals surface area (Å²) in [6.45, 7) is 2.56. The number of rotatable bonds is 4. The Morgan fingerprint density at radius 1 is 1.76 bits per heavy atom. The second-order valence-electron chi connectivity index (χ2n) is 3.88. The summed E-state index contributed by atoms with van der Waals surface area (Å²) >= 11 is 1.07. The van der Waals surface area contributed by atoms with Crippen molar-refractivity contribution in [3.63, 3.8) is 0 Å². The fraction of sp³-hybridized carbons (Fsp3) is 0.600. The highest BCUT2D eigenvalue weighted by Gasteiger charge is 2.30. The molecule has 1 aliphatic heterocycles. The van der Waals surface area contributed by atoms with E-state index in [4.69, 9.17) is 9.84 Å². The van der Waals surface area contributed by atoms with E-state index in [1.807, 2.05) is 6.92 Å². The number of carbonyl (C=O) groups is 1. The Labute approximate surface area is 105 Å². The molecule has 1 aromatic rings. The Morgan fingerprint density at radius 3 is 3.06 bits per heavy atom. The van der Waals surface area contributed by atoms with Crippen LogP contribution in [0.2, 0.25) is 0 Å². The second kappa shape index (κ2) is 5.24. The average molecular weight is 275 g/mol. The lowest BCUT2D eigenvalue weighted by atomic mass is 10.3. The molecule has 0 saturated carbocycles. The molecule has 2 heterocycles. The van der Waals surface area contributed by atoms with Gasteiger partial charge in [0, 0.05) is 22.8 Å². The molecule has 1 saturated heterocycles. The zero-order valence-corrected chi connectivity index (χ0v) is 10.9. The van der Waals surface area contributed by atoms with Crippen LogP contribution in [0.1, 0.15) is 28.8 Å². The molecule has 2 rings (SSSR count). The van der Waals surface area contributed by atoms with E-state index in [9.17, 15) is 9.00 Å². The van der Waals surface area contributed by atoms with Crippen molar-refractivity contribution in [2.24, 2.45) is 0 Å². The predicted molar refractivity (Wildman–Crippen MR) is 64.7 cm³/mol. The van der Waals surface area contributed by atoms with E-state index in [2.05, 4.69) is 4.98 Å². The van der Waals surface area contributed by atoms with Gasteiger partial charge in [0.05, 0.1) is 22.8 Å². The first kappa shape index (κ1) is 12.7. The van der Waals surface area contributed by atoms with Crippen LogP contribution >= 0.6 is 11.3 Å². The van der Waals surface area contributed by atoms with Crippen LogP contribution < -0.4 is 0 Å². The van der Waals surface area contributed by atoms with Gasteiger partial charge in [-0.15, -0.1) is 11.3 Å². The molecule has 0 aliphatic carbocycles. The van der Waals surface area contributed by atoms with Gasteiger partial charge in [-0.3, -0.25) is 4.21 Å². The molecule has 1 aromatic heterocycles. The fourth-order valence-corrected chi connectivity index (χ4v) is 4.06. The third-order valence-electron chi connectivity index (χ3n) is 2.67. The predicted octanol–water partition coefficient (Wildman–Crippen LogP) is 1.27. The molecule has 5 nitrogen and oxygen atoms in total. The van der Waals surface area contributed by atoms with Gasteiger partial charge in [-0.1, -0.05) is 0 Å². The molecule has 0 aromatic carbocycles. The van der Waals surface area contributed by atoms with Crippen LogP contribution in [0.15, 0.2) is 5.38 Å². The lowest BCUT2D eigenvalue weighted by molar-refractivity contribution is 0.0696. The molecule has 1 N–H and O–H groups in total. The summed E-state index contributed by atoms with van der Waals surface area (Å²) in [7, 11) is -1.05. The van der Waals surface area contributed by atoms with Gasteiger partial charge in [0.2, 0.25) is 5.01 Å². The third-order valence-corrected chi connectivity index (χ3v) is 5.42. The standard InChI is InChI=1S/C10H13NO4S2/c1-6-8(2-3-15-6)17(14)5-7-4-16-9(11-7)10(12)13/h4,6,8H,2-3,5H2,1H3,(H,12,13). The maximum atomic E-state index is 12.1. The van der Waals surface area contributed by atoms with E-state index in [1.165, 1.54) is 0 Å². The van der Waals surface area contributed by atoms with Gasteiger partial charge < -0.3 is 9.84 Å². The number of ether oxygens (including phenoxy) is 1. The number of thiazole rings is 1. The summed E-state index contributed by atoms with van der Waals surface area (Å²) in [4.78, 5) is 14.6. The van der Waals surface area contributed by atoms with E-state index in [0.717, 1.165) is 17.8 Å². The first-order valence-electron chi connectivity index (χ1n) is 5.24. The van der Waals surface area contributed by atoms with Crippen molar-refractivity contribution >= 4 is 28.1 Å². The Balaban J connectivity index is 2.00. The average Bonchev–Trinajstić information content (AvgIpc) is 2.86. The maximum Gasteiger partial charge on any atom is 0.365 e. The van der Waals surface area contributed by atoms with Gasteiger partial charge in [0.25, 0.3) is 0 Å². The number of hydrogen-bond acceptors (Lipinski definition) is 5. The molecular weight excluding hydrogens is 262 g/mol. The number of aromatic carboxylic acids is 1. The summed E-state index contributed by atoms with van der Waals surface area (Å²) < 4.78 is 17.4. The summed E-state index contributed by atoms with van der Waals surface area (Å²) in [5.74, 6) is -0.730. The van der Waals surface area contributed by atoms with Crippen LogP contribution in [0, 0.1) is 0 Å². The molecule has 3 unspecified atom stereocenters. The topological polar surface area (TPSA) is 76.5 Å². The first-order valence-corrected chi connectivity index (χ1v) is 7.50. The van der Waals surface area contributed by atoms with Crippen molar-refractivity contribution in [1.82, 2.24) is 4.98 Å². The van der Waals surface area contributed by atoms with Crippen LogP contribution in [0.3, 0.4) is 0 Å². The number of nitrogens with zero attached hydrogens (tertiary/aromatic N) is 1. The third kappa shape index (κ3) is 2.91. The Morgan fingerprint density at radius 2 is 2.53 bits per heavy atom. The number of aromatic nitrogens is 1. The normalized spacial score (nSPS) is 25.9. The Bertz CT molecular complexity index is 445. The first-order chi connectivity index (χ1) is 8.08. The molecule has 17 heavy (non-hydrogen) atoms. The fourth-order valence-electron chi connectivity index (χ4n) is 1.78. The molecule has 0 bridgehead atoms. The molecule has 1 aliphatic rings. The van der Waals surface area contributed by atoms with Gasteiger partial charge in [0.15, 0.2) is 0 Å². The number of hydrogen-bond donors (Lipinski definition) is 1. The molecule has 0 amide bonds. The highest BCUT2D eigenvalue weighted by atomic mass is 32.2. The van der Waals surface area contributed by atoms with Crippen LogP contribution in [0.25, 0.3) is 0 Å². The van der Waals surface area contributed by atoms with Gasteiger partial charge in [-0.05, 0) is 13.3 Å². The van der Waals surface area contributed by atoms with Crippen LogP contribution in [0.4, 0.5) is 0 Å². The van der Waals surface area contributed by atoms with Crippen molar-refractivity contribution in [3.05, 3.63) is 16.1 Å². The van der Waals surface area contributed by atoms with Crippen LogP contribution in [0.5, 0.6) is 0 Å². The number of carboxylic acid groups (broad SMARTS) is 1. The minimum absolute atomic E-state index is 0.00779. The monoisotopic (exact) mass is 275 g/mol. The Kier molecular flexibility index (Phi) is 3.90. The highest BCUT2D eigenvalue weighted by Crippen LogP contribution is 2.21. The SMILES string of the molecule is CC1OCCC1S(=O)Cc1csc(C(=O)O)n1. The van der Waals surface area contributed by atoms with Crippen molar-refractivity contribution in [3.8, 4) is 0 Å². The minimum Gasteiger partial charge on any atom is -0.476 e. The van der Waals surface area contributed by atoms with Gasteiger partial charge >= 0.3 is 5.97 Å². The second-order valence-corrected chi connectivity index (χ2v) is 6.39. The van der Waals surface area contributed by atoms with Gasteiger partial charge in [-0.25, -0.2) is 9.78 Å². The van der Waals surface area contributed by atoms with Gasteiger partial charge in [0.1, 0.15) is 0 Å². The van der Waals surface area contributed by atoms with Crippen molar-refractivity contribution in [2.45, 2.75) is 30.5 Å². The Hall–Kier alpha value is -0.790. The quantitative estimate of drug-likeness (QED) is 0.895. The maximum absolute atomic E-state index is 12.1. The highest BCUT2D eigenvalue weighted by molar-refractivity contribution is 7.84. The zero-order valence-electron chi connectivity index (χ0n) is 9.29. The van der Waals surface area contributed by atoms with Crippen molar-refractivity contribution < 1.29 is 18.8 Å². The van der Waals surface area contributed by atoms with E-state index in [-0.39, 0.29) is 16.4 Å². The lowest BCUT2D eigenvalue weighted by Crippen LogP contribution is -2.24. The summed E-state index contributed by atoms with van der Waals surface area (Å²) in [6, 6.07) is 0. The molecule has 3 atom stereocenters. The largest absolute Gasteiger partial charge is 0.476 e. The zero-order chi connectivity index (χ0) is 12.4. The molecule has 94 valence electrons. The molecule has 0 spiro atoms. The molecular formula is C10H13NO4S2. The summed E-state index contributed by atoms with van der Waals surface area (Å²) in [6.07, 6.45) is 0.803. The van der Waals surface area contributed by atoms with E-state index >= 15 is 0 Å². The summed E-state index contributed by atoms with van der Waals surface area (Å²) in [5, 5.41) is 10.5. The minimum atomic E-state index is -1.05. The molecule has 1 fully saturated rings. The van der Waals surface area contributed by atoms with Crippen molar-refractivity contribution in [1.29, 1.82) is 0 Å². The van der Waals surface area contributed by atoms with Crippen LogP contribution in [-0.2, 0) is 21.3 Å². The molecule has 0 radical (unpaired) electrons. The number of carboxylic acids is 1. The van der Waals surface area contributed by atoms with E-state index in [1.54, 1.807) is 5.38 Å². The van der Waals surface area contributed by atoms with E-state index in [0.29, 0.717) is 18.1 Å². The summed E-state index contributed by atoms with van der Waals surface area (Å²) in [5.41, 5.74) is 0.588. The van der Waals surface area contributed by atoms with E-state index < -0.39 is 16.8 Å². The smallest absolute Gasteiger partial charge is 0.365 e. The van der Waals surface area contributed by atoms with Gasteiger partial charge in [-0.2, -0.15) is 0 Å². The van der Waals surface area contributed by atoms with Crippen molar-refractivity contribution in [2.75, 3.05) is 6.61 Å². The lowest BCUT2D eigenvalue weighted by Gasteiger charge is -2.12. The molecule has 7 heteroatoms. The van der Waals surface area contributed by atoms with Crippen LogP contribution in [-0.4, -0.2) is 38.2 Å².